The monoisotopic (exact) mass is 425 g/mol. The van der Waals surface area contributed by atoms with Gasteiger partial charge >= 0.3 is 0 Å². The maximum absolute atomic E-state index is 4.65. The molecule has 0 aromatic heterocycles. The third-order valence-electron chi connectivity index (χ3n) is 7.27. The van der Waals surface area contributed by atoms with Gasteiger partial charge in [0.25, 0.3) is 0 Å². The third kappa shape index (κ3) is 5.50. The van der Waals surface area contributed by atoms with Gasteiger partial charge in [0.05, 0.1) is 0 Å². The van der Waals surface area contributed by atoms with Crippen molar-refractivity contribution < 1.29 is 0 Å². The van der Waals surface area contributed by atoms with Gasteiger partial charge in [-0.05, 0) is 45.4 Å². The lowest BCUT2D eigenvalue weighted by atomic mass is 10.2. The van der Waals surface area contributed by atoms with E-state index >= 15 is 0 Å². The Hall–Kier alpha value is -1.17. The van der Waals surface area contributed by atoms with Crippen molar-refractivity contribution >= 4 is 16.5 Å². The molecule has 0 heterocycles. The molecule has 29 heavy (non-hydrogen) atoms. The Morgan fingerprint density at radius 2 is 0.793 bits per heavy atom. The predicted molar refractivity (Wildman–Crippen MR) is 135 cm³/mol. The van der Waals surface area contributed by atoms with Gasteiger partial charge in [-0.2, -0.15) is 0 Å². The normalized spacial score (nSPS) is 13.1. The fourth-order valence-corrected chi connectivity index (χ4v) is 20.0. The van der Waals surface area contributed by atoms with Crippen LogP contribution in [0.5, 0.6) is 0 Å². The Morgan fingerprint density at radius 1 is 0.517 bits per heavy atom. The summed E-state index contributed by atoms with van der Waals surface area (Å²) in [4.78, 5) is 0. The molecular formula is C26H43NSi2. The minimum Gasteiger partial charge on any atom is -0.358 e. The Labute approximate surface area is 182 Å². The first-order valence-electron chi connectivity index (χ1n) is 11.5. The van der Waals surface area contributed by atoms with Crippen molar-refractivity contribution in [3.63, 3.8) is 0 Å². The minimum absolute atomic E-state index is 0.697. The van der Waals surface area contributed by atoms with Crippen molar-refractivity contribution in [2.24, 2.45) is 0 Å². The fourth-order valence-electron chi connectivity index (χ4n) is 5.12. The lowest BCUT2D eigenvalue weighted by Gasteiger charge is -2.51. The number of nitrogens with one attached hydrogen (secondary N) is 1. The summed E-state index contributed by atoms with van der Waals surface area (Å²) in [5.41, 5.74) is 5.80. The molecule has 0 saturated carbocycles. The molecule has 2 rings (SSSR count). The van der Waals surface area contributed by atoms with Crippen molar-refractivity contribution in [3.05, 3.63) is 71.8 Å². The van der Waals surface area contributed by atoms with E-state index in [9.17, 15) is 0 Å². The summed E-state index contributed by atoms with van der Waals surface area (Å²) in [7, 11) is -3.59. The summed E-state index contributed by atoms with van der Waals surface area (Å²) < 4.78 is 4.65. The van der Waals surface area contributed by atoms with Crippen LogP contribution in [0.15, 0.2) is 60.7 Å². The average Bonchev–Trinajstić information content (AvgIpc) is 2.67. The molecule has 1 nitrogen and oxygen atoms in total. The molecule has 3 heteroatoms. The fraction of sp³-hybridized carbons (Fsp3) is 0.538. The van der Waals surface area contributed by atoms with Crippen molar-refractivity contribution in [2.75, 3.05) is 0 Å². The lowest BCUT2D eigenvalue weighted by Crippen LogP contribution is -2.72. The molecule has 2 aromatic rings. The van der Waals surface area contributed by atoms with E-state index in [0.29, 0.717) is 22.2 Å². The molecule has 0 bridgehead atoms. The van der Waals surface area contributed by atoms with Crippen molar-refractivity contribution in [2.45, 2.75) is 89.6 Å². The molecule has 0 aliphatic carbocycles. The number of benzene rings is 2. The second-order valence-electron chi connectivity index (χ2n) is 10.1. The topological polar surface area (TPSA) is 12.0 Å². The van der Waals surface area contributed by atoms with Crippen molar-refractivity contribution in [1.82, 2.24) is 4.65 Å². The number of rotatable bonds is 10. The molecule has 0 amide bonds. The number of hydrogen-bond donors (Lipinski definition) is 1. The highest BCUT2D eigenvalue weighted by Crippen LogP contribution is 2.40. The van der Waals surface area contributed by atoms with Crippen LogP contribution in [0.3, 0.4) is 0 Å². The van der Waals surface area contributed by atoms with Gasteiger partial charge in [0.15, 0.2) is 0 Å². The standard InChI is InChI=1S/C26H43NSi2/c1-21(2)28(22(3)4,19-25-15-11-9-12-16-25)27-29(23(5)6,24(7)8)20-26-17-13-10-14-18-26/h9-18,21-24,27H,19-20H2,1-8H3. The zero-order chi connectivity index (χ0) is 21.7. The highest BCUT2D eigenvalue weighted by Gasteiger charge is 2.50. The van der Waals surface area contributed by atoms with Crippen LogP contribution in [0.1, 0.15) is 66.5 Å². The first-order valence-corrected chi connectivity index (χ1v) is 16.2. The van der Waals surface area contributed by atoms with E-state index in [0.717, 1.165) is 0 Å². The van der Waals surface area contributed by atoms with Gasteiger partial charge in [0.2, 0.25) is 0 Å². The molecular weight excluding hydrogens is 382 g/mol. The van der Waals surface area contributed by atoms with Crippen LogP contribution in [0, 0.1) is 0 Å². The van der Waals surface area contributed by atoms with Crippen LogP contribution >= 0.6 is 0 Å². The van der Waals surface area contributed by atoms with Crippen molar-refractivity contribution in [1.29, 1.82) is 0 Å². The van der Waals surface area contributed by atoms with Crippen LogP contribution in [0.4, 0.5) is 0 Å². The minimum atomic E-state index is -1.79. The van der Waals surface area contributed by atoms with Gasteiger partial charge in [0.1, 0.15) is 16.5 Å². The summed E-state index contributed by atoms with van der Waals surface area (Å²) in [6.45, 7) is 19.8. The van der Waals surface area contributed by atoms with E-state index in [1.54, 1.807) is 0 Å². The first-order chi connectivity index (χ1) is 13.6. The largest absolute Gasteiger partial charge is 0.358 e. The van der Waals surface area contributed by atoms with Crippen LogP contribution in [-0.2, 0) is 12.1 Å². The second kappa shape index (κ2) is 10.2. The molecule has 0 saturated heterocycles. The Kier molecular flexibility index (Phi) is 8.51. The van der Waals surface area contributed by atoms with Gasteiger partial charge in [-0.3, -0.25) is 0 Å². The predicted octanol–water partition coefficient (Wildman–Crippen LogP) is 7.67. The average molecular weight is 426 g/mol. The van der Waals surface area contributed by atoms with Gasteiger partial charge in [0, 0.05) is 0 Å². The Bertz CT molecular complexity index is 643. The Balaban J connectivity index is 2.54. The summed E-state index contributed by atoms with van der Waals surface area (Å²) >= 11 is 0. The molecule has 0 atom stereocenters. The maximum Gasteiger partial charge on any atom is 0.128 e. The summed E-state index contributed by atoms with van der Waals surface area (Å²) in [5, 5.41) is 0. The van der Waals surface area contributed by atoms with Crippen LogP contribution < -0.4 is 4.65 Å². The van der Waals surface area contributed by atoms with Gasteiger partial charge in [-0.25, -0.2) is 0 Å². The summed E-state index contributed by atoms with van der Waals surface area (Å²) in [6.07, 6.45) is 0. The molecule has 160 valence electrons. The smallest absolute Gasteiger partial charge is 0.128 e. The molecule has 0 aliphatic heterocycles. The molecule has 0 unspecified atom stereocenters. The van der Waals surface area contributed by atoms with E-state index in [-0.39, 0.29) is 0 Å². The zero-order valence-corrected chi connectivity index (χ0v) is 22.0. The zero-order valence-electron chi connectivity index (χ0n) is 20.0. The van der Waals surface area contributed by atoms with Crippen LogP contribution in [0.25, 0.3) is 0 Å². The molecule has 1 N–H and O–H groups in total. The highest BCUT2D eigenvalue weighted by molar-refractivity contribution is 6.95. The van der Waals surface area contributed by atoms with E-state index in [2.05, 4.69) is 121 Å². The maximum atomic E-state index is 4.65. The van der Waals surface area contributed by atoms with E-state index < -0.39 is 16.5 Å². The molecule has 0 fully saturated rings. The van der Waals surface area contributed by atoms with Gasteiger partial charge in [-0.1, -0.05) is 116 Å². The second-order valence-corrected chi connectivity index (χ2v) is 20.6. The highest BCUT2D eigenvalue weighted by atomic mass is 28.4. The first kappa shape index (κ1) is 24.1. The SMILES string of the molecule is CC(C)[Si](Cc1ccccc1)(N[Si](Cc1ccccc1)(C(C)C)C(C)C)C(C)C. The molecule has 2 aromatic carbocycles. The van der Waals surface area contributed by atoms with Crippen LogP contribution in [-0.4, -0.2) is 16.5 Å². The lowest BCUT2D eigenvalue weighted by molar-refractivity contribution is 0.789. The summed E-state index contributed by atoms with van der Waals surface area (Å²) in [5.74, 6) is 0. The van der Waals surface area contributed by atoms with Gasteiger partial charge in [-0.15, -0.1) is 0 Å². The Morgan fingerprint density at radius 3 is 1.03 bits per heavy atom. The molecule has 0 spiro atoms. The van der Waals surface area contributed by atoms with E-state index in [1.165, 1.54) is 23.2 Å². The van der Waals surface area contributed by atoms with Crippen LogP contribution in [0.2, 0.25) is 22.2 Å². The molecule has 0 radical (unpaired) electrons. The number of hydrogen-bond acceptors (Lipinski definition) is 1. The van der Waals surface area contributed by atoms with Gasteiger partial charge < -0.3 is 4.65 Å². The van der Waals surface area contributed by atoms with E-state index in [4.69, 9.17) is 0 Å². The quantitative estimate of drug-likeness (QED) is 0.385. The third-order valence-corrected chi connectivity index (χ3v) is 21.2. The summed E-state index contributed by atoms with van der Waals surface area (Å²) in [6, 6.07) is 24.9. The van der Waals surface area contributed by atoms with Crippen molar-refractivity contribution in [3.8, 4) is 0 Å². The molecule has 0 aliphatic rings. The van der Waals surface area contributed by atoms with E-state index in [1.807, 2.05) is 0 Å².